The normalized spacial score (nSPS) is 23.5. The number of rotatable bonds is 3. The Kier molecular flexibility index (Phi) is 4.07. The number of hydrogen-bond acceptors (Lipinski definition) is 5. The second-order valence-corrected chi connectivity index (χ2v) is 7.06. The van der Waals surface area contributed by atoms with Crippen molar-refractivity contribution in [1.82, 2.24) is 0 Å². The molecule has 3 aromatic rings. The highest BCUT2D eigenvalue weighted by Gasteiger charge is 2.60. The summed E-state index contributed by atoms with van der Waals surface area (Å²) in [7, 11) is 0. The first kappa shape index (κ1) is 17.5. The number of carbonyl (C=O) groups excluding carboxylic acids is 2. The maximum absolute atomic E-state index is 13.4. The molecule has 5 rings (SSSR count). The first-order valence-electron chi connectivity index (χ1n) is 9.38. The van der Waals surface area contributed by atoms with Crippen LogP contribution in [0, 0.1) is 5.92 Å². The predicted molar refractivity (Wildman–Crippen MR) is 107 cm³/mol. The summed E-state index contributed by atoms with van der Waals surface area (Å²) in [4.78, 5) is 33.7. The third kappa shape index (κ3) is 2.68. The molecule has 0 aliphatic carbocycles. The van der Waals surface area contributed by atoms with E-state index in [2.05, 4.69) is 0 Å². The van der Waals surface area contributed by atoms with Gasteiger partial charge in [-0.3, -0.25) is 14.4 Å². The van der Waals surface area contributed by atoms with Crippen LogP contribution in [-0.2, 0) is 14.4 Å². The van der Waals surface area contributed by atoms with Crippen molar-refractivity contribution in [2.45, 2.75) is 12.1 Å². The summed E-state index contributed by atoms with van der Waals surface area (Å²) in [5, 5.41) is 12.1. The van der Waals surface area contributed by atoms with Crippen molar-refractivity contribution < 1.29 is 19.5 Å². The number of anilines is 2. The lowest BCUT2D eigenvalue weighted by atomic mass is 9.90. The van der Waals surface area contributed by atoms with E-state index in [9.17, 15) is 14.7 Å². The lowest BCUT2D eigenvalue weighted by Crippen LogP contribution is -2.37. The first-order valence-corrected chi connectivity index (χ1v) is 9.38. The minimum Gasteiger partial charge on any atom is -0.508 e. The van der Waals surface area contributed by atoms with Crippen molar-refractivity contribution in [2.75, 3.05) is 9.96 Å². The standard InChI is InChI=1S/C23H18N2O4/c26-18-14-8-7-13-17(18)20-19-21(29-25(20)16-11-5-2-6-12-16)23(28)24(22(19)27)15-9-3-1-4-10-15/h1-14,19-21,26H/t19-,20+,21-/m1/s1. The van der Waals surface area contributed by atoms with Gasteiger partial charge in [-0.1, -0.05) is 54.6 Å². The lowest BCUT2D eigenvalue weighted by Gasteiger charge is -2.29. The molecular weight excluding hydrogens is 368 g/mol. The highest BCUT2D eigenvalue weighted by molar-refractivity contribution is 6.23. The van der Waals surface area contributed by atoms with Gasteiger partial charge in [-0.2, -0.15) is 0 Å². The zero-order chi connectivity index (χ0) is 20.0. The number of phenols is 1. The van der Waals surface area contributed by atoms with Crippen LogP contribution >= 0.6 is 0 Å². The monoisotopic (exact) mass is 386 g/mol. The van der Waals surface area contributed by atoms with Gasteiger partial charge in [0, 0.05) is 5.56 Å². The number of aromatic hydroxyl groups is 1. The fourth-order valence-electron chi connectivity index (χ4n) is 4.10. The van der Waals surface area contributed by atoms with E-state index in [0.717, 1.165) is 0 Å². The Morgan fingerprint density at radius 3 is 1.97 bits per heavy atom. The topological polar surface area (TPSA) is 70.1 Å². The van der Waals surface area contributed by atoms with Crippen LogP contribution in [0.4, 0.5) is 11.4 Å². The Bertz CT molecular complexity index is 1070. The van der Waals surface area contributed by atoms with Crippen LogP contribution in [-0.4, -0.2) is 23.0 Å². The van der Waals surface area contributed by atoms with Crippen molar-refractivity contribution in [2.24, 2.45) is 5.92 Å². The first-order chi connectivity index (χ1) is 14.2. The summed E-state index contributed by atoms with van der Waals surface area (Å²) in [6.45, 7) is 0. The zero-order valence-corrected chi connectivity index (χ0v) is 15.4. The largest absolute Gasteiger partial charge is 0.508 e. The number of imide groups is 1. The third-order valence-corrected chi connectivity index (χ3v) is 5.40. The van der Waals surface area contributed by atoms with E-state index in [1.54, 1.807) is 53.6 Å². The van der Waals surface area contributed by atoms with E-state index in [-0.39, 0.29) is 11.7 Å². The minimum absolute atomic E-state index is 0.0566. The molecule has 0 radical (unpaired) electrons. The van der Waals surface area contributed by atoms with Crippen LogP contribution < -0.4 is 9.96 Å². The second kappa shape index (κ2) is 6.76. The number of amides is 2. The average molecular weight is 386 g/mol. The van der Waals surface area contributed by atoms with E-state index in [4.69, 9.17) is 4.84 Å². The van der Waals surface area contributed by atoms with Crippen LogP contribution in [0.1, 0.15) is 11.6 Å². The van der Waals surface area contributed by atoms with Crippen LogP contribution in [0.25, 0.3) is 0 Å². The van der Waals surface area contributed by atoms with E-state index in [1.807, 2.05) is 36.4 Å². The van der Waals surface area contributed by atoms with Gasteiger partial charge in [0.25, 0.3) is 5.91 Å². The Morgan fingerprint density at radius 2 is 1.31 bits per heavy atom. The molecule has 2 aliphatic rings. The average Bonchev–Trinajstić information content (AvgIpc) is 3.26. The Morgan fingerprint density at radius 1 is 0.724 bits per heavy atom. The number of nitrogens with zero attached hydrogens (tertiary/aromatic N) is 2. The maximum Gasteiger partial charge on any atom is 0.266 e. The Labute approximate surface area is 167 Å². The molecule has 1 N–H and O–H groups in total. The fraction of sp³-hybridized carbons (Fsp3) is 0.130. The molecule has 0 aromatic heterocycles. The van der Waals surface area contributed by atoms with Gasteiger partial charge in [0.1, 0.15) is 11.7 Å². The zero-order valence-electron chi connectivity index (χ0n) is 15.4. The van der Waals surface area contributed by atoms with Gasteiger partial charge >= 0.3 is 0 Å². The van der Waals surface area contributed by atoms with Gasteiger partial charge in [-0.15, -0.1) is 0 Å². The van der Waals surface area contributed by atoms with Gasteiger partial charge in [0.05, 0.1) is 17.4 Å². The Balaban J connectivity index is 1.62. The molecule has 3 atom stereocenters. The minimum atomic E-state index is -0.951. The summed E-state index contributed by atoms with van der Waals surface area (Å²) >= 11 is 0. The number of phenolic OH excluding ortho intramolecular Hbond substituents is 1. The van der Waals surface area contributed by atoms with Crippen LogP contribution in [0.2, 0.25) is 0 Å². The van der Waals surface area contributed by atoms with E-state index in [1.165, 1.54) is 4.90 Å². The summed E-state index contributed by atoms with van der Waals surface area (Å²) in [5.41, 5.74) is 1.77. The van der Waals surface area contributed by atoms with Crippen molar-refractivity contribution in [3.8, 4) is 5.75 Å². The molecule has 0 saturated carbocycles. The fourth-order valence-corrected chi connectivity index (χ4v) is 4.10. The third-order valence-electron chi connectivity index (χ3n) is 5.40. The molecule has 144 valence electrons. The molecular formula is C23H18N2O4. The van der Waals surface area contributed by atoms with Crippen molar-refractivity contribution in [3.63, 3.8) is 0 Å². The molecule has 0 unspecified atom stereocenters. The molecule has 29 heavy (non-hydrogen) atoms. The number of hydroxylamine groups is 1. The number of benzene rings is 3. The molecule has 3 aromatic carbocycles. The summed E-state index contributed by atoms with van der Waals surface area (Å²) in [6, 6.07) is 24.3. The lowest BCUT2D eigenvalue weighted by molar-refractivity contribution is -0.126. The van der Waals surface area contributed by atoms with E-state index >= 15 is 0 Å². The van der Waals surface area contributed by atoms with Crippen LogP contribution in [0.15, 0.2) is 84.9 Å². The summed E-state index contributed by atoms with van der Waals surface area (Å²) in [6.07, 6.45) is -0.951. The quantitative estimate of drug-likeness (QED) is 0.699. The van der Waals surface area contributed by atoms with Gasteiger partial charge in [-0.05, 0) is 30.3 Å². The molecule has 2 saturated heterocycles. The molecule has 0 spiro atoms. The van der Waals surface area contributed by atoms with E-state index in [0.29, 0.717) is 16.9 Å². The molecule has 2 heterocycles. The van der Waals surface area contributed by atoms with Crippen molar-refractivity contribution in [3.05, 3.63) is 90.5 Å². The second-order valence-electron chi connectivity index (χ2n) is 7.06. The maximum atomic E-state index is 13.4. The summed E-state index contributed by atoms with van der Waals surface area (Å²) < 4.78 is 0. The number of hydrogen-bond donors (Lipinski definition) is 1. The van der Waals surface area contributed by atoms with Crippen molar-refractivity contribution in [1.29, 1.82) is 0 Å². The van der Waals surface area contributed by atoms with Crippen LogP contribution in [0.5, 0.6) is 5.75 Å². The molecule has 0 bridgehead atoms. The van der Waals surface area contributed by atoms with Gasteiger partial charge in [0.2, 0.25) is 5.91 Å². The predicted octanol–water partition coefficient (Wildman–Crippen LogP) is 3.44. The number of carbonyl (C=O) groups is 2. The number of fused-ring (bicyclic) bond motifs is 1. The Hall–Kier alpha value is -3.64. The SMILES string of the molecule is O=C1[C@H]2[C@@H](ON(c3ccccc3)[C@H]2c2ccccc2O)C(=O)N1c1ccccc1. The van der Waals surface area contributed by atoms with Gasteiger partial charge in [0.15, 0.2) is 6.10 Å². The smallest absolute Gasteiger partial charge is 0.266 e. The molecule has 2 amide bonds. The van der Waals surface area contributed by atoms with Crippen LogP contribution in [0.3, 0.4) is 0 Å². The molecule has 2 fully saturated rings. The van der Waals surface area contributed by atoms with Crippen molar-refractivity contribution >= 4 is 23.2 Å². The highest BCUT2D eigenvalue weighted by Crippen LogP contribution is 2.49. The molecule has 6 heteroatoms. The highest BCUT2D eigenvalue weighted by atomic mass is 16.7. The van der Waals surface area contributed by atoms with Gasteiger partial charge in [-0.25, -0.2) is 9.96 Å². The molecule has 2 aliphatic heterocycles. The van der Waals surface area contributed by atoms with E-state index < -0.39 is 24.0 Å². The van der Waals surface area contributed by atoms with Gasteiger partial charge < -0.3 is 5.11 Å². The summed E-state index contributed by atoms with van der Waals surface area (Å²) in [5.74, 6) is -1.44. The molecule has 6 nitrogen and oxygen atoms in total. The number of para-hydroxylation sites is 3.